The Morgan fingerprint density at radius 1 is 1.33 bits per heavy atom. The van der Waals surface area contributed by atoms with Crippen LogP contribution in [0.15, 0.2) is 23.2 Å². The van der Waals surface area contributed by atoms with E-state index in [0.29, 0.717) is 29.1 Å². The largest absolute Gasteiger partial charge is 0.355 e. The molecule has 2 rings (SSSR count). The molecule has 2 N–H and O–H groups in total. The van der Waals surface area contributed by atoms with Gasteiger partial charge < -0.3 is 10.6 Å². The van der Waals surface area contributed by atoms with E-state index >= 15 is 0 Å². The second kappa shape index (κ2) is 11.9. The lowest BCUT2D eigenvalue weighted by Crippen LogP contribution is -2.44. The highest BCUT2D eigenvalue weighted by Crippen LogP contribution is 2.25. The zero-order chi connectivity index (χ0) is 19.2. The van der Waals surface area contributed by atoms with Gasteiger partial charge in [-0.1, -0.05) is 29.3 Å². The van der Waals surface area contributed by atoms with Crippen molar-refractivity contribution >= 4 is 74.9 Å². The summed E-state index contributed by atoms with van der Waals surface area (Å²) < 4.78 is 26.3. The summed E-state index contributed by atoms with van der Waals surface area (Å²) in [5.74, 6) is 2.27. The summed E-state index contributed by atoms with van der Waals surface area (Å²) in [4.78, 5) is 4.15. The van der Waals surface area contributed by atoms with E-state index in [4.69, 9.17) is 23.2 Å². The minimum atomic E-state index is -3.24. The van der Waals surface area contributed by atoms with Gasteiger partial charge in [0.2, 0.25) is 10.0 Å². The molecule has 1 aliphatic rings. The van der Waals surface area contributed by atoms with Crippen molar-refractivity contribution < 1.29 is 8.42 Å². The normalized spacial score (nSPS) is 17.1. The third-order valence-corrected chi connectivity index (χ3v) is 7.40. The van der Waals surface area contributed by atoms with E-state index in [0.717, 1.165) is 17.1 Å². The van der Waals surface area contributed by atoms with Crippen LogP contribution >= 0.6 is 58.9 Å². The van der Waals surface area contributed by atoms with Gasteiger partial charge in [0.1, 0.15) is 0 Å². The van der Waals surface area contributed by atoms with E-state index in [2.05, 4.69) is 15.6 Å². The molecule has 0 bridgehead atoms. The molecule has 1 aliphatic heterocycles. The molecule has 11 heteroatoms. The van der Waals surface area contributed by atoms with Crippen molar-refractivity contribution in [2.75, 3.05) is 43.9 Å². The fourth-order valence-corrected chi connectivity index (χ4v) is 5.65. The Kier molecular flexibility index (Phi) is 11.1. The number of hydrogen-bond acceptors (Lipinski definition) is 4. The smallest absolute Gasteiger partial charge is 0.215 e. The first-order valence-corrected chi connectivity index (χ1v) is 11.8. The van der Waals surface area contributed by atoms with Gasteiger partial charge in [0.15, 0.2) is 5.96 Å². The van der Waals surface area contributed by atoms with Crippen LogP contribution in [-0.2, 0) is 10.0 Å². The SMILES string of the molecule is CN=C(NCCS(=O)(=O)N1CCSCC1)NC(C)c1ccc(Cl)cc1Cl.I. The Morgan fingerprint density at radius 2 is 2.00 bits per heavy atom. The second-order valence-electron chi connectivity index (χ2n) is 5.86. The highest BCUT2D eigenvalue weighted by atomic mass is 127. The molecule has 1 aromatic carbocycles. The number of rotatable bonds is 6. The lowest BCUT2D eigenvalue weighted by Gasteiger charge is -2.26. The van der Waals surface area contributed by atoms with E-state index in [1.807, 2.05) is 13.0 Å². The van der Waals surface area contributed by atoms with Crippen molar-refractivity contribution in [1.82, 2.24) is 14.9 Å². The first-order valence-electron chi connectivity index (χ1n) is 8.31. The Bertz CT molecular complexity index is 744. The van der Waals surface area contributed by atoms with Crippen LogP contribution in [0.25, 0.3) is 0 Å². The van der Waals surface area contributed by atoms with Gasteiger partial charge in [-0.2, -0.15) is 11.8 Å². The van der Waals surface area contributed by atoms with E-state index in [-0.39, 0.29) is 42.3 Å². The summed E-state index contributed by atoms with van der Waals surface area (Å²) in [7, 11) is -1.60. The molecule has 0 saturated carbocycles. The number of halogens is 3. The maximum atomic E-state index is 12.4. The number of hydrogen-bond donors (Lipinski definition) is 2. The number of guanidine groups is 1. The van der Waals surface area contributed by atoms with Crippen molar-refractivity contribution in [2.24, 2.45) is 4.99 Å². The third-order valence-electron chi connectivity index (χ3n) is 4.02. The van der Waals surface area contributed by atoms with Crippen molar-refractivity contribution in [3.63, 3.8) is 0 Å². The average Bonchev–Trinajstić information content (AvgIpc) is 2.61. The number of thioether (sulfide) groups is 1. The van der Waals surface area contributed by atoms with Gasteiger partial charge in [-0.25, -0.2) is 12.7 Å². The van der Waals surface area contributed by atoms with Gasteiger partial charge in [-0.05, 0) is 24.6 Å². The molecule has 0 aliphatic carbocycles. The molecule has 1 atom stereocenters. The molecule has 0 aromatic heterocycles. The summed E-state index contributed by atoms with van der Waals surface area (Å²) in [6, 6.07) is 5.22. The second-order valence-corrected chi connectivity index (χ2v) is 10.0. The van der Waals surface area contributed by atoms with Crippen molar-refractivity contribution in [2.45, 2.75) is 13.0 Å². The zero-order valence-electron chi connectivity index (χ0n) is 15.2. The standard InChI is InChI=1S/C16H24Cl2N4O2S2.HI/c1-12(14-4-3-13(17)11-15(14)18)21-16(19-2)20-5-10-26(23,24)22-6-8-25-9-7-22;/h3-4,11-12H,5-10H2,1-2H3,(H2,19,20,21);1H. The van der Waals surface area contributed by atoms with Crippen molar-refractivity contribution in [3.8, 4) is 0 Å². The van der Waals surface area contributed by atoms with Crippen LogP contribution in [-0.4, -0.2) is 62.6 Å². The maximum absolute atomic E-state index is 12.4. The Morgan fingerprint density at radius 3 is 2.59 bits per heavy atom. The zero-order valence-corrected chi connectivity index (χ0v) is 20.7. The van der Waals surface area contributed by atoms with Gasteiger partial charge in [0.25, 0.3) is 0 Å². The summed E-state index contributed by atoms with van der Waals surface area (Å²) in [6.07, 6.45) is 0. The number of aliphatic imine (C=N–C) groups is 1. The summed E-state index contributed by atoms with van der Waals surface area (Å²) in [6.45, 7) is 3.41. The molecule has 1 fully saturated rings. The molecule has 1 unspecified atom stereocenters. The van der Waals surface area contributed by atoms with Crippen LogP contribution in [0.4, 0.5) is 0 Å². The number of nitrogens with one attached hydrogen (secondary N) is 2. The van der Waals surface area contributed by atoms with Crippen LogP contribution in [0, 0.1) is 0 Å². The number of nitrogens with zero attached hydrogens (tertiary/aromatic N) is 2. The highest BCUT2D eigenvalue weighted by molar-refractivity contribution is 14.0. The summed E-state index contributed by atoms with van der Waals surface area (Å²) in [5, 5.41) is 7.41. The summed E-state index contributed by atoms with van der Waals surface area (Å²) >= 11 is 13.9. The fourth-order valence-electron chi connectivity index (χ4n) is 2.58. The van der Waals surface area contributed by atoms with Gasteiger partial charge >= 0.3 is 0 Å². The predicted molar refractivity (Wildman–Crippen MR) is 127 cm³/mol. The molecular formula is C16H25Cl2IN4O2S2. The maximum Gasteiger partial charge on any atom is 0.215 e. The van der Waals surface area contributed by atoms with Crippen molar-refractivity contribution in [1.29, 1.82) is 0 Å². The van der Waals surface area contributed by atoms with E-state index in [1.54, 1.807) is 35.2 Å². The monoisotopic (exact) mass is 566 g/mol. The first kappa shape index (κ1) is 25.1. The van der Waals surface area contributed by atoms with Crippen LogP contribution < -0.4 is 10.6 Å². The van der Waals surface area contributed by atoms with E-state index in [1.165, 1.54) is 0 Å². The topological polar surface area (TPSA) is 73.8 Å². The molecule has 0 spiro atoms. The molecule has 1 aromatic rings. The van der Waals surface area contributed by atoms with E-state index in [9.17, 15) is 8.42 Å². The number of benzene rings is 1. The quantitative estimate of drug-likeness (QED) is 0.314. The first-order chi connectivity index (χ1) is 12.3. The predicted octanol–water partition coefficient (Wildman–Crippen LogP) is 3.22. The molecule has 6 nitrogen and oxygen atoms in total. The Balaban J connectivity index is 0.00000364. The third kappa shape index (κ3) is 7.77. The molecule has 0 amide bonds. The van der Waals surface area contributed by atoms with Gasteiger partial charge in [-0.15, -0.1) is 24.0 Å². The van der Waals surface area contributed by atoms with Crippen LogP contribution in [0.5, 0.6) is 0 Å². The Hall–Kier alpha value is 0.0600. The van der Waals surface area contributed by atoms with Crippen LogP contribution in [0.1, 0.15) is 18.5 Å². The lowest BCUT2D eigenvalue weighted by atomic mass is 10.1. The average molecular weight is 567 g/mol. The molecule has 154 valence electrons. The minimum absolute atomic E-state index is 0. The van der Waals surface area contributed by atoms with Crippen LogP contribution in [0.3, 0.4) is 0 Å². The minimum Gasteiger partial charge on any atom is -0.355 e. The molecular weight excluding hydrogens is 542 g/mol. The number of sulfonamides is 1. The van der Waals surface area contributed by atoms with Crippen molar-refractivity contribution in [3.05, 3.63) is 33.8 Å². The van der Waals surface area contributed by atoms with E-state index < -0.39 is 10.0 Å². The summed E-state index contributed by atoms with van der Waals surface area (Å²) in [5.41, 5.74) is 0.887. The van der Waals surface area contributed by atoms with Crippen LogP contribution in [0.2, 0.25) is 10.0 Å². The highest BCUT2D eigenvalue weighted by Gasteiger charge is 2.23. The lowest BCUT2D eigenvalue weighted by molar-refractivity contribution is 0.443. The fraction of sp³-hybridized carbons (Fsp3) is 0.562. The van der Waals surface area contributed by atoms with Gasteiger partial charge in [0.05, 0.1) is 11.8 Å². The Labute approximate surface area is 192 Å². The molecule has 1 saturated heterocycles. The molecule has 0 radical (unpaired) electrons. The van der Waals surface area contributed by atoms with Gasteiger partial charge in [-0.3, -0.25) is 4.99 Å². The van der Waals surface area contributed by atoms with Gasteiger partial charge in [0, 0.05) is 48.2 Å². The molecule has 1 heterocycles. The molecule has 27 heavy (non-hydrogen) atoms.